The van der Waals surface area contributed by atoms with Crippen molar-refractivity contribution in [2.75, 3.05) is 11.9 Å². The Kier molecular flexibility index (Phi) is 4.20. The Bertz CT molecular complexity index is 789. The van der Waals surface area contributed by atoms with Crippen LogP contribution in [-0.4, -0.2) is 34.8 Å². The molecule has 1 aliphatic carbocycles. The highest BCUT2D eigenvalue weighted by Crippen LogP contribution is 2.42. The Morgan fingerprint density at radius 1 is 1.35 bits per heavy atom. The molecule has 4 amide bonds. The average molecular weight is 369 g/mol. The molecule has 6 nitrogen and oxygen atoms in total. The molecule has 0 radical (unpaired) electrons. The SMILES string of the molecule is Cc1ccc(NC(=O)CN2C(=O)NC(C)(C3CC3)C2=O)cc1C(F)(F)F. The highest BCUT2D eigenvalue weighted by atomic mass is 19.4. The fraction of sp³-hybridized carbons (Fsp3) is 0.471. The second-order valence-electron chi connectivity index (χ2n) is 6.87. The summed E-state index contributed by atoms with van der Waals surface area (Å²) >= 11 is 0. The molecule has 3 rings (SSSR count). The van der Waals surface area contributed by atoms with E-state index >= 15 is 0 Å². The maximum Gasteiger partial charge on any atom is 0.416 e. The van der Waals surface area contributed by atoms with Crippen LogP contribution in [0, 0.1) is 12.8 Å². The number of alkyl halides is 3. The lowest BCUT2D eigenvalue weighted by Crippen LogP contribution is -2.46. The molecular formula is C17H18F3N3O3. The first kappa shape index (κ1) is 18.2. The lowest BCUT2D eigenvalue weighted by molar-refractivity contribution is -0.138. The summed E-state index contributed by atoms with van der Waals surface area (Å²) in [6, 6.07) is 2.74. The number of halogens is 3. The average Bonchev–Trinajstić information content (AvgIpc) is 3.34. The molecule has 0 spiro atoms. The molecule has 1 heterocycles. The standard InChI is InChI=1S/C17H18F3N3O3/c1-9-3-6-11(7-12(9)17(18,19)20)21-13(24)8-23-14(25)16(2,10-4-5-10)22-15(23)26/h3,6-7,10H,4-5,8H2,1-2H3,(H,21,24)(H,22,26). The Morgan fingerprint density at radius 3 is 2.58 bits per heavy atom. The van der Waals surface area contributed by atoms with Gasteiger partial charge in [-0.05, 0) is 50.3 Å². The van der Waals surface area contributed by atoms with E-state index < -0.39 is 41.7 Å². The summed E-state index contributed by atoms with van der Waals surface area (Å²) in [5.41, 5.74) is -1.88. The van der Waals surface area contributed by atoms with Gasteiger partial charge in [-0.25, -0.2) is 4.79 Å². The molecule has 1 aromatic rings. The second kappa shape index (κ2) is 6.00. The van der Waals surface area contributed by atoms with Gasteiger partial charge in [-0.1, -0.05) is 6.07 Å². The molecule has 2 fully saturated rings. The molecule has 26 heavy (non-hydrogen) atoms. The third-order valence-electron chi connectivity index (χ3n) is 4.82. The lowest BCUT2D eigenvalue weighted by Gasteiger charge is -2.20. The number of nitrogens with one attached hydrogen (secondary N) is 2. The maximum atomic E-state index is 12.9. The fourth-order valence-corrected chi connectivity index (χ4v) is 3.15. The van der Waals surface area contributed by atoms with Crippen LogP contribution in [0.15, 0.2) is 18.2 Å². The van der Waals surface area contributed by atoms with Gasteiger partial charge in [-0.3, -0.25) is 14.5 Å². The van der Waals surface area contributed by atoms with E-state index in [2.05, 4.69) is 10.6 Å². The van der Waals surface area contributed by atoms with Crippen LogP contribution < -0.4 is 10.6 Å². The van der Waals surface area contributed by atoms with Gasteiger partial charge < -0.3 is 10.6 Å². The molecule has 9 heteroatoms. The van der Waals surface area contributed by atoms with Crippen molar-refractivity contribution < 1.29 is 27.6 Å². The Balaban J connectivity index is 1.70. The molecule has 1 saturated heterocycles. The van der Waals surface area contributed by atoms with Crippen LogP contribution in [0.3, 0.4) is 0 Å². The van der Waals surface area contributed by atoms with Gasteiger partial charge in [-0.15, -0.1) is 0 Å². The van der Waals surface area contributed by atoms with Crippen molar-refractivity contribution in [1.82, 2.24) is 10.2 Å². The Morgan fingerprint density at radius 2 is 2.00 bits per heavy atom. The number of nitrogens with zero attached hydrogens (tertiary/aromatic N) is 1. The van der Waals surface area contributed by atoms with Crippen LogP contribution in [-0.2, 0) is 15.8 Å². The van der Waals surface area contributed by atoms with Crippen molar-refractivity contribution in [3.05, 3.63) is 29.3 Å². The zero-order valence-corrected chi connectivity index (χ0v) is 14.2. The number of hydrogen-bond donors (Lipinski definition) is 2. The molecule has 1 atom stereocenters. The monoisotopic (exact) mass is 369 g/mol. The van der Waals surface area contributed by atoms with Crippen LogP contribution in [0.5, 0.6) is 0 Å². The summed E-state index contributed by atoms with van der Waals surface area (Å²) < 4.78 is 38.8. The van der Waals surface area contributed by atoms with Crippen molar-refractivity contribution in [2.45, 2.75) is 38.4 Å². The zero-order valence-electron chi connectivity index (χ0n) is 14.2. The number of imide groups is 1. The van der Waals surface area contributed by atoms with Gasteiger partial charge in [0.15, 0.2) is 0 Å². The normalized spacial score (nSPS) is 23.2. The van der Waals surface area contributed by atoms with Crippen molar-refractivity contribution in [2.24, 2.45) is 5.92 Å². The largest absolute Gasteiger partial charge is 0.416 e. The topological polar surface area (TPSA) is 78.5 Å². The number of hydrogen-bond acceptors (Lipinski definition) is 3. The molecule has 1 saturated carbocycles. The molecule has 1 unspecified atom stereocenters. The summed E-state index contributed by atoms with van der Waals surface area (Å²) in [6.45, 7) is 2.39. The molecule has 140 valence electrons. The van der Waals surface area contributed by atoms with Crippen molar-refractivity contribution in [3.8, 4) is 0 Å². The van der Waals surface area contributed by atoms with E-state index in [1.807, 2.05) is 0 Å². The first-order chi connectivity index (χ1) is 12.0. The van der Waals surface area contributed by atoms with E-state index in [4.69, 9.17) is 0 Å². The third-order valence-corrected chi connectivity index (χ3v) is 4.82. The van der Waals surface area contributed by atoms with Gasteiger partial charge in [0.1, 0.15) is 12.1 Å². The summed E-state index contributed by atoms with van der Waals surface area (Å²) in [5, 5.41) is 4.92. The Labute approximate surface area is 147 Å². The van der Waals surface area contributed by atoms with E-state index in [9.17, 15) is 27.6 Å². The van der Waals surface area contributed by atoms with Crippen molar-refractivity contribution >= 4 is 23.5 Å². The minimum absolute atomic E-state index is 0.0322. The summed E-state index contributed by atoms with van der Waals surface area (Å²) in [7, 11) is 0. The minimum atomic E-state index is -4.54. The molecule has 1 aromatic carbocycles. The van der Waals surface area contributed by atoms with Crippen molar-refractivity contribution in [1.29, 1.82) is 0 Å². The molecule has 2 N–H and O–H groups in total. The first-order valence-corrected chi connectivity index (χ1v) is 8.14. The van der Waals surface area contributed by atoms with Gasteiger partial charge in [0, 0.05) is 5.69 Å². The quantitative estimate of drug-likeness (QED) is 0.801. The Hall–Kier alpha value is -2.58. The smallest absolute Gasteiger partial charge is 0.325 e. The lowest BCUT2D eigenvalue weighted by atomic mass is 9.96. The summed E-state index contributed by atoms with van der Waals surface area (Å²) in [4.78, 5) is 37.4. The number of rotatable bonds is 4. The van der Waals surface area contributed by atoms with Crippen molar-refractivity contribution in [3.63, 3.8) is 0 Å². The maximum absolute atomic E-state index is 12.9. The molecular weight excluding hydrogens is 351 g/mol. The van der Waals surface area contributed by atoms with Crippen LogP contribution in [0.4, 0.5) is 23.7 Å². The zero-order chi connectivity index (χ0) is 19.3. The number of anilines is 1. The highest BCUT2D eigenvalue weighted by molar-refractivity contribution is 6.10. The second-order valence-corrected chi connectivity index (χ2v) is 6.87. The number of benzene rings is 1. The van der Waals surface area contributed by atoms with Gasteiger partial charge >= 0.3 is 12.2 Å². The molecule has 0 bridgehead atoms. The van der Waals surface area contributed by atoms with E-state index in [0.29, 0.717) is 0 Å². The van der Waals surface area contributed by atoms with Crippen LogP contribution in [0.25, 0.3) is 0 Å². The van der Waals surface area contributed by atoms with Crippen LogP contribution in [0.2, 0.25) is 0 Å². The number of urea groups is 1. The number of carbonyl (C=O) groups is 3. The van der Waals surface area contributed by atoms with Gasteiger partial charge in [-0.2, -0.15) is 13.2 Å². The molecule has 0 aromatic heterocycles. The van der Waals surface area contributed by atoms with Crippen LogP contribution >= 0.6 is 0 Å². The number of aryl methyl sites for hydroxylation is 1. The summed E-state index contributed by atoms with van der Waals surface area (Å²) in [6.07, 6.45) is -2.89. The predicted octanol–water partition coefficient (Wildman–Crippen LogP) is 2.67. The third kappa shape index (κ3) is 3.25. The predicted molar refractivity (Wildman–Crippen MR) is 86.2 cm³/mol. The minimum Gasteiger partial charge on any atom is -0.325 e. The number of amides is 4. The van der Waals surface area contributed by atoms with Crippen LogP contribution in [0.1, 0.15) is 30.9 Å². The molecule has 2 aliphatic rings. The fourth-order valence-electron chi connectivity index (χ4n) is 3.15. The summed E-state index contributed by atoms with van der Waals surface area (Å²) in [5.74, 6) is -1.18. The van der Waals surface area contributed by atoms with Gasteiger partial charge in [0.05, 0.1) is 5.56 Å². The van der Waals surface area contributed by atoms with Gasteiger partial charge in [0.25, 0.3) is 5.91 Å². The highest BCUT2D eigenvalue weighted by Gasteiger charge is 2.56. The van der Waals surface area contributed by atoms with E-state index in [-0.39, 0.29) is 17.2 Å². The molecule has 1 aliphatic heterocycles. The number of carbonyl (C=O) groups excluding carboxylic acids is 3. The van der Waals surface area contributed by atoms with E-state index in [1.54, 1.807) is 6.92 Å². The van der Waals surface area contributed by atoms with E-state index in [0.717, 1.165) is 23.8 Å². The van der Waals surface area contributed by atoms with E-state index in [1.165, 1.54) is 19.1 Å². The first-order valence-electron chi connectivity index (χ1n) is 8.14. The van der Waals surface area contributed by atoms with Gasteiger partial charge in [0.2, 0.25) is 5.91 Å².